The van der Waals surface area contributed by atoms with Gasteiger partial charge in [0.25, 0.3) is 0 Å². The van der Waals surface area contributed by atoms with Crippen molar-refractivity contribution in [2.75, 3.05) is 12.5 Å². The molecule has 1 rings (SSSR count). The first-order chi connectivity index (χ1) is 7.82. The van der Waals surface area contributed by atoms with Crippen LogP contribution in [0.15, 0.2) is 24.3 Å². The highest BCUT2D eigenvalue weighted by atomic mass is 32.2. The van der Waals surface area contributed by atoms with E-state index in [4.69, 9.17) is 15.3 Å². The molecular weight excluding hydrogens is 244 g/mol. The van der Waals surface area contributed by atoms with Crippen LogP contribution in [0, 0.1) is 0 Å². The molecule has 0 bridgehead atoms. The van der Waals surface area contributed by atoms with Crippen LogP contribution < -0.4 is 0 Å². The number of aromatic hydroxyl groups is 2. The Morgan fingerprint density at radius 3 is 2.18 bits per heavy atom. The Morgan fingerprint density at radius 1 is 1.24 bits per heavy atom. The van der Waals surface area contributed by atoms with Crippen LogP contribution in [-0.4, -0.2) is 38.0 Å². The second kappa shape index (κ2) is 7.45. The molecule has 0 heterocycles. The molecule has 6 heteroatoms. The zero-order valence-corrected chi connectivity index (χ0v) is 10.3. The number of carboxylic acid groups (broad SMARTS) is 1. The third-order valence-electron chi connectivity index (χ3n) is 1.42. The molecule has 0 saturated carbocycles. The summed E-state index contributed by atoms with van der Waals surface area (Å²) in [6, 6.07) is 4.06. The summed E-state index contributed by atoms with van der Waals surface area (Å²) in [5, 5.41) is 26.3. The minimum absolute atomic E-state index is 0.229. The quantitative estimate of drug-likeness (QED) is 0.547. The van der Waals surface area contributed by atoms with E-state index in [2.05, 4.69) is 0 Å². The molecule has 0 radical (unpaired) electrons. The van der Waals surface area contributed by atoms with Crippen molar-refractivity contribution in [1.29, 1.82) is 0 Å². The monoisotopic (exact) mass is 258 g/mol. The number of carboxylic acids is 1. The third-order valence-corrected chi connectivity index (χ3v) is 1.42. The summed E-state index contributed by atoms with van der Waals surface area (Å²) < 4.78 is 9.56. The molecule has 0 aliphatic rings. The van der Waals surface area contributed by atoms with Gasteiger partial charge in [0, 0.05) is 29.4 Å². The highest BCUT2D eigenvalue weighted by Crippen LogP contribution is 2.25. The average Bonchev–Trinajstić information content (AvgIpc) is 2.19. The van der Waals surface area contributed by atoms with Crippen LogP contribution >= 0.6 is 0 Å². The lowest BCUT2D eigenvalue weighted by molar-refractivity contribution is -0.131. The molecule has 1 aromatic rings. The summed E-state index contributed by atoms with van der Waals surface area (Å²) in [7, 11) is -0.611. The van der Waals surface area contributed by atoms with Gasteiger partial charge in [0.2, 0.25) is 0 Å². The smallest absolute Gasteiger partial charge is 0.328 e. The number of hydrogen-bond acceptors (Lipinski definition) is 4. The molecule has 0 spiro atoms. The number of rotatable bonds is 2. The fourth-order valence-corrected chi connectivity index (χ4v) is 0.812. The molecule has 94 valence electrons. The second-order valence-corrected chi connectivity index (χ2v) is 4.64. The predicted molar refractivity (Wildman–Crippen MR) is 66.4 cm³/mol. The maximum absolute atomic E-state index is 10.1. The van der Waals surface area contributed by atoms with Crippen molar-refractivity contribution in [1.82, 2.24) is 0 Å². The van der Waals surface area contributed by atoms with Crippen molar-refractivity contribution in [2.45, 2.75) is 0 Å². The van der Waals surface area contributed by atoms with Crippen LogP contribution in [0.5, 0.6) is 11.5 Å². The normalized spacial score (nSPS) is 10.1. The highest BCUT2D eigenvalue weighted by Gasteiger charge is 1.97. The lowest BCUT2D eigenvalue weighted by atomic mass is 10.2. The van der Waals surface area contributed by atoms with Crippen LogP contribution in [0.25, 0.3) is 6.08 Å². The van der Waals surface area contributed by atoms with E-state index in [9.17, 15) is 9.00 Å². The van der Waals surface area contributed by atoms with Crippen molar-refractivity contribution < 1.29 is 24.3 Å². The zero-order chi connectivity index (χ0) is 13.4. The number of benzene rings is 1. The van der Waals surface area contributed by atoms with E-state index >= 15 is 0 Å². The molecule has 0 aliphatic carbocycles. The van der Waals surface area contributed by atoms with Crippen LogP contribution in [-0.2, 0) is 15.6 Å². The van der Waals surface area contributed by atoms with E-state index in [0.717, 1.165) is 6.08 Å². The molecule has 0 fully saturated rings. The molecule has 0 saturated heterocycles. The fourth-order valence-electron chi connectivity index (χ4n) is 0.812. The molecule has 0 aliphatic heterocycles. The molecule has 0 amide bonds. The lowest BCUT2D eigenvalue weighted by Crippen LogP contribution is -1.85. The molecule has 3 N–H and O–H groups in total. The Morgan fingerprint density at radius 2 is 1.76 bits per heavy atom. The summed E-state index contributed by atoms with van der Waals surface area (Å²) >= 11 is 0. The third kappa shape index (κ3) is 8.04. The Bertz CT molecular complexity index is 435. The van der Waals surface area contributed by atoms with Gasteiger partial charge in [0.15, 0.2) is 11.5 Å². The lowest BCUT2D eigenvalue weighted by Gasteiger charge is -1.97. The molecule has 0 aromatic heterocycles. The van der Waals surface area contributed by atoms with Crippen molar-refractivity contribution in [3.63, 3.8) is 0 Å². The standard InChI is InChI=1S/C9H8O4.C2H6OS/c10-7-3-1-6(5-8(7)11)2-4-9(12)13;1-4(2)3/h1-5,10-11H,(H,12,13);1-2H3/b4-2+;. The van der Waals surface area contributed by atoms with Gasteiger partial charge in [-0.2, -0.15) is 0 Å². The highest BCUT2D eigenvalue weighted by molar-refractivity contribution is 7.83. The van der Waals surface area contributed by atoms with Crippen LogP contribution in [0.2, 0.25) is 0 Å². The average molecular weight is 258 g/mol. The van der Waals surface area contributed by atoms with E-state index in [0.29, 0.717) is 5.56 Å². The van der Waals surface area contributed by atoms with Gasteiger partial charge in [-0.25, -0.2) is 4.79 Å². The van der Waals surface area contributed by atoms with Crippen LogP contribution in [0.4, 0.5) is 0 Å². The van der Waals surface area contributed by atoms with Crippen molar-refractivity contribution in [2.24, 2.45) is 0 Å². The van der Waals surface area contributed by atoms with Crippen LogP contribution in [0.3, 0.4) is 0 Å². The number of phenolic OH excluding ortho intramolecular Hbond substituents is 2. The van der Waals surface area contributed by atoms with E-state index < -0.39 is 16.8 Å². The van der Waals surface area contributed by atoms with Gasteiger partial charge in [-0.3, -0.25) is 4.21 Å². The van der Waals surface area contributed by atoms with Gasteiger partial charge in [-0.05, 0) is 23.8 Å². The van der Waals surface area contributed by atoms with Crippen LogP contribution in [0.1, 0.15) is 5.56 Å². The number of phenols is 2. The minimum atomic E-state index is -1.06. The zero-order valence-electron chi connectivity index (χ0n) is 9.45. The topological polar surface area (TPSA) is 94.8 Å². The molecule has 17 heavy (non-hydrogen) atoms. The first-order valence-corrected chi connectivity index (χ1v) is 6.47. The Kier molecular flexibility index (Phi) is 6.65. The summed E-state index contributed by atoms with van der Waals surface area (Å²) in [5.74, 6) is -1.56. The van der Waals surface area contributed by atoms with Gasteiger partial charge in [0.1, 0.15) is 0 Å². The Labute approximate surface area is 101 Å². The Balaban J connectivity index is 0.000000557. The SMILES string of the molecule is CS(C)=O.O=C(O)/C=C/c1ccc(O)c(O)c1. The maximum Gasteiger partial charge on any atom is 0.328 e. The molecule has 0 unspecified atom stereocenters. The predicted octanol–water partition coefficient (Wildman–Crippen LogP) is 1.19. The molecular formula is C11H14O5S. The minimum Gasteiger partial charge on any atom is -0.504 e. The largest absolute Gasteiger partial charge is 0.504 e. The van der Waals surface area contributed by atoms with Gasteiger partial charge >= 0.3 is 5.97 Å². The first-order valence-electron chi connectivity index (χ1n) is 4.51. The van der Waals surface area contributed by atoms with Gasteiger partial charge < -0.3 is 15.3 Å². The summed E-state index contributed by atoms with van der Waals surface area (Å²) in [5.41, 5.74) is 0.512. The number of hydrogen-bond donors (Lipinski definition) is 3. The van der Waals surface area contributed by atoms with E-state index in [1.54, 1.807) is 12.5 Å². The number of aliphatic carboxylic acids is 1. The van der Waals surface area contributed by atoms with Crippen molar-refractivity contribution in [3.05, 3.63) is 29.8 Å². The first kappa shape index (κ1) is 15.2. The van der Waals surface area contributed by atoms with Crippen molar-refractivity contribution in [3.8, 4) is 11.5 Å². The molecule has 1 aromatic carbocycles. The molecule has 0 atom stereocenters. The van der Waals surface area contributed by atoms with E-state index in [1.807, 2.05) is 0 Å². The Hall–Kier alpha value is -1.82. The summed E-state index contributed by atoms with van der Waals surface area (Å²) in [6.07, 6.45) is 5.55. The van der Waals surface area contributed by atoms with Crippen molar-refractivity contribution >= 4 is 22.8 Å². The van der Waals surface area contributed by atoms with Gasteiger partial charge in [-0.1, -0.05) is 6.07 Å². The maximum atomic E-state index is 10.1. The number of carbonyl (C=O) groups is 1. The second-order valence-electron chi connectivity index (χ2n) is 3.16. The fraction of sp³-hybridized carbons (Fsp3) is 0.182. The van der Waals surface area contributed by atoms with Gasteiger partial charge in [0.05, 0.1) is 0 Å². The summed E-state index contributed by atoms with van der Waals surface area (Å²) in [4.78, 5) is 10.1. The molecule has 5 nitrogen and oxygen atoms in total. The van der Waals surface area contributed by atoms with E-state index in [-0.39, 0.29) is 11.5 Å². The summed E-state index contributed by atoms with van der Waals surface area (Å²) in [6.45, 7) is 0. The van der Waals surface area contributed by atoms with E-state index in [1.165, 1.54) is 24.3 Å². The van der Waals surface area contributed by atoms with Gasteiger partial charge in [-0.15, -0.1) is 0 Å².